The zero-order valence-electron chi connectivity index (χ0n) is 56.6. The first kappa shape index (κ1) is 80.6. The second-order valence-electron chi connectivity index (χ2n) is 28.9. The Morgan fingerprint density at radius 2 is 0.574 bits per heavy atom. The average Bonchev–Trinajstić information content (AvgIpc) is 0.772. The number of halogens is 3. The van der Waals surface area contributed by atoms with Gasteiger partial charge in [-0.1, -0.05) is 159 Å². The van der Waals surface area contributed by atoms with Gasteiger partial charge in [0.05, 0.1) is 69.3 Å². The Labute approximate surface area is 576 Å². The van der Waals surface area contributed by atoms with E-state index in [1.54, 1.807) is 0 Å². The number of aromatic carboxylic acids is 3. The predicted molar refractivity (Wildman–Crippen MR) is 359 cm³/mol. The summed E-state index contributed by atoms with van der Waals surface area (Å²) in [6.45, 7) is 33.9. The van der Waals surface area contributed by atoms with Crippen molar-refractivity contribution >= 4 is 87.7 Å². The number of esters is 3. The number of nitrogens with two attached hydrogens (primary N) is 3. The van der Waals surface area contributed by atoms with Gasteiger partial charge in [-0.15, -0.1) is 0 Å². The van der Waals surface area contributed by atoms with Crippen LogP contribution < -0.4 is 46.7 Å². The molecule has 0 heterocycles. The fourth-order valence-corrected chi connectivity index (χ4v) is 10.9. The normalized spacial score (nSPS) is 11.8. The van der Waals surface area contributed by atoms with Gasteiger partial charge in [0.1, 0.15) is 34.5 Å². The average molecular weight is 1400 g/mol. The van der Waals surface area contributed by atoms with E-state index in [1.807, 2.05) is 125 Å². The number of carboxylic acid groups (broad SMARTS) is 3. The molecule has 0 fully saturated rings. The van der Waals surface area contributed by atoms with Crippen molar-refractivity contribution in [1.82, 2.24) is 0 Å². The van der Waals surface area contributed by atoms with E-state index in [-0.39, 0.29) is 124 Å². The number of rotatable bonds is 15. The summed E-state index contributed by atoms with van der Waals surface area (Å²) in [5.74, 6) is -4.91. The van der Waals surface area contributed by atoms with Crippen molar-refractivity contribution in [3.05, 3.63) is 155 Å². The molecular formula is C72H87Cl3FeN3O15. The van der Waals surface area contributed by atoms with E-state index in [1.165, 1.54) is 72.8 Å². The quantitative estimate of drug-likeness (QED) is 0.0241. The minimum Gasteiger partial charge on any atom is -0.545 e. The molecule has 9 N–H and O–H groups in total. The predicted octanol–water partition coefficient (Wildman–Crippen LogP) is 12.4. The molecular weight excluding hydrogens is 1310 g/mol. The van der Waals surface area contributed by atoms with Gasteiger partial charge in [0, 0.05) is 68.3 Å². The molecule has 0 saturated carbocycles. The summed E-state index contributed by atoms with van der Waals surface area (Å²) in [5.41, 5.74) is 18.9. The van der Waals surface area contributed by atoms with E-state index in [9.17, 15) is 59.4 Å². The van der Waals surface area contributed by atoms with Crippen LogP contribution in [-0.4, -0.2) is 51.1 Å². The zero-order chi connectivity index (χ0) is 71.2. The van der Waals surface area contributed by atoms with Crippen LogP contribution in [0.3, 0.4) is 0 Å². The molecule has 6 aromatic carbocycles. The van der Waals surface area contributed by atoms with Crippen LogP contribution in [0.1, 0.15) is 225 Å². The van der Waals surface area contributed by atoms with Crippen LogP contribution in [0.5, 0.6) is 34.5 Å². The van der Waals surface area contributed by atoms with Gasteiger partial charge in [0.15, 0.2) is 0 Å². The molecule has 0 unspecified atom stereocenters. The summed E-state index contributed by atoms with van der Waals surface area (Å²) in [6.07, 6.45) is -0.0952. The van der Waals surface area contributed by atoms with E-state index >= 15 is 0 Å². The molecule has 0 amide bonds. The van der Waals surface area contributed by atoms with E-state index in [2.05, 4.69) is 0 Å². The van der Waals surface area contributed by atoms with E-state index in [0.717, 1.165) is 0 Å². The third-order valence-electron chi connectivity index (χ3n) is 14.9. The van der Waals surface area contributed by atoms with Crippen molar-refractivity contribution in [2.45, 2.75) is 196 Å². The molecule has 0 atom stereocenters. The van der Waals surface area contributed by atoms with Gasteiger partial charge in [-0.3, -0.25) is 14.4 Å². The second kappa shape index (κ2) is 31.3. The Balaban J connectivity index is 0.000000366. The third kappa shape index (κ3) is 21.2. The third-order valence-corrected chi connectivity index (χ3v) is 15.9. The number of carboxylic acids is 3. The van der Waals surface area contributed by atoms with Gasteiger partial charge in [-0.2, -0.15) is 0 Å². The Morgan fingerprint density at radius 3 is 0.734 bits per heavy atom. The minimum absolute atomic E-state index is 0. The molecule has 0 aromatic heterocycles. The first-order valence-corrected chi connectivity index (χ1v) is 31.1. The van der Waals surface area contributed by atoms with Crippen molar-refractivity contribution < 1.29 is 90.7 Å². The molecule has 509 valence electrons. The van der Waals surface area contributed by atoms with E-state index in [0.29, 0.717) is 65.1 Å². The Bertz CT molecular complexity index is 3450. The van der Waals surface area contributed by atoms with Crippen molar-refractivity contribution in [2.24, 2.45) is 0 Å². The number of hydrogen-bond donors (Lipinski definition) is 6. The summed E-state index contributed by atoms with van der Waals surface area (Å²) in [6, 6.07) is 17.8. The monoisotopic (exact) mass is 1390 g/mol. The fourth-order valence-electron chi connectivity index (χ4n) is 10.6. The Hall–Kier alpha value is -7.67. The molecule has 22 heteroatoms. The van der Waals surface area contributed by atoms with Crippen molar-refractivity contribution in [2.75, 3.05) is 17.2 Å². The number of aromatic hydroxyl groups is 3. The number of carbonyl (C=O) groups is 6. The molecule has 0 bridgehead atoms. The maximum Gasteiger partial charge on any atom is 3.00 e. The molecule has 0 aliphatic rings. The van der Waals surface area contributed by atoms with Gasteiger partial charge in [-0.25, -0.2) is 0 Å². The van der Waals surface area contributed by atoms with Gasteiger partial charge < -0.3 is 76.4 Å². The van der Waals surface area contributed by atoms with Gasteiger partial charge in [0.2, 0.25) is 0 Å². The van der Waals surface area contributed by atoms with Gasteiger partial charge >= 0.3 is 35.0 Å². The number of hydrogen-bond acceptors (Lipinski definition) is 18. The Morgan fingerprint density at radius 1 is 0.372 bits per heavy atom. The van der Waals surface area contributed by atoms with Crippen molar-refractivity contribution in [3.63, 3.8) is 0 Å². The maximum absolute atomic E-state index is 12.4. The molecule has 0 aliphatic carbocycles. The van der Waals surface area contributed by atoms with Gasteiger partial charge in [-0.05, 0) is 123 Å². The second-order valence-corrected chi connectivity index (χ2v) is 30.1. The van der Waals surface area contributed by atoms with Crippen LogP contribution in [0.15, 0.2) is 72.8 Å². The first-order valence-electron chi connectivity index (χ1n) is 30.0. The fraction of sp³-hybridized carbons (Fsp3) is 0.417. The summed E-state index contributed by atoms with van der Waals surface area (Å²) in [5, 5.41) is 70.1. The molecule has 6 aromatic rings. The van der Waals surface area contributed by atoms with Crippen LogP contribution in [0.25, 0.3) is 0 Å². The number of phenolic OH excluding ortho intramolecular Hbond substituents is 3. The first-order chi connectivity index (χ1) is 42.4. The van der Waals surface area contributed by atoms with Crippen molar-refractivity contribution in [3.8, 4) is 34.5 Å². The minimum atomic E-state index is -1.36. The number of carbonyl (C=O) groups excluding carboxylic acids is 6. The number of nitrogen functional groups attached to an aromatic ring is 3. The van der Waals surface area contributed by atoms with E-state index < -0.39 is 68.3 Å². The summed E-state index contributed by atoms with van der Waals surface area (Å²) in [7, 11) is 0. The topological polar surface area (TPSA) is 338 Å². The number of ether oxygens (including phenoxy) is 3. The molecule has 18 nitrogen and oxygen atoms in total. The summed E-state index contributed by atoms with van der Waals surface area (Å²) >= 11 is 17.6. The van der Waals surface area contributed by atoms with Crippen LogP contribution in [-0.2, 0) is 83.2 Å². The standard InChI is InChI=1S/3C24H30ClNO5.Fe/c3*1-23(2,3)16-12-15(22(29)30)14(20(21(16)28)24(4,5)6)8-10-19(27)31-13-7-9-17(25)18(26)11-13;/h3*7,9,11-12,28H,8,10,26H2,1-6H3,(H,29,30);/q;;;+3/p-3. The molecule has 0 aliphatic heterocycles. The van der Waals surface area contributed by atoms with Crippen molar-refractivity contribution in [1.29, 1.82) is 0 Å². The van der Waals surface area contributed by atoms with Crippen LogP contribution in [0.4, 0.5) is 17.1 Å². The summed E-state index contributed by atoms with van der Waals surface area (Å²) in [4.78, 5) is 73.1. The van der Waals surface area contributed by atoms with E-state index in [4.69, 9.17) is 66.2 Å². The van der Waals surface area contributed by atoms with Crippen LogP contribution >= 0.6 is 34.8 Å². The number of benzene rings is 6. The SMILES string of the molecule is CC(C)(C)c1cc(C(=O)[O-])c(CCC(=O)Oc2ccc(Cl)c(N)c2)c(C(C)(C)C)c1O.CC(C)(C)c1cc(C(=O)[O-])c(CCC(=O)Oc2ccc(Cl)c(N)c2)c(C(C)(C)C)c1O.CC(C)(C)c1cc(C(=O)[O-])c(CCC(=O)Oc2ccc(Cl)c(N)c2)c(C(C)(C)C)c1O.[Fe+3]. The molecule has 0 spiro atoms. The Kier molecular flexibility index (Phi) is 26.8. The number of phenols is 3. The van der Waals surface area contributed by atoms with Crippen LogP contribution in [0, 0.1) is 0 Å². The van der Waals surface area contributed by atoms with Crippen LogP contribution in [0.2, 0.25) is 15.1 Å². The largest absolute Gasteiger partial charge is 3.00 e. The smallest absolute Gasteiger partial charge is 0.545 e. The summed E-state index contributed by atoms with van der Waals surface area (Å²) < 4.78 is 15.9. The van der Waals surface area contributed by atoms with Gasteiger partial charge in [0.25, 0.3) is 0 Å². The molecule has 94 heavy (non-hydrogen) atoms. The molecule has 1 radical (unpaired) electrons. The molecule has 0 saturated heterocycles. The zero-order valence-corrected chi connectivity index (χ0v) is 60.0. The maximum atomic E-state index is 12.4. The number of anilines is 3. The molecule has 6 rings (SSSR count).